The molecule has 0 bridgehead atoms. The fraction of sp³-hybridized carbons (Fsp3) is 0.500. The van der Waals surface area contributed by atoms with Gasteiger partial charge in [-0.25, -0.2) is 0 Å². The van der Waals surface area contributed by atoms with E-state index in [0.29, 0.717) is 6.10 Å². The van der Waals surface area contributed by atoms with E-state index in [1.807, 2.05) is 6.92 Å². The summed E-state index contributed by atoms with van der Waals surface area (Å²) in [5, 5.41) is 0. The molecule has 1 heterocycles. The van der Waals surface area contributed by atoms with Crippen LogP contribution in [0, 0.1) is 0 Å². The Hall–Kier alpha value is -1.02. The van der Waals surface area contributed by atoms with Gasteiger partial charge in [0.05, 0.1) is 0 Å². The van der Waals surface area contributed by atoms with Crippen LogP contribution in [-0.2, 0) is 12.8 Å². The minimum atomic E-state index is 0.229. The molecule has 76 valence electrons. The van der Waals surface area contributed by atoms with E-state index in [-0.39, 0.29) is 6.04 Å². The molecule has 2 unspecified atom stereocenters. The summed E-state index contributed by atoms with van der Waals surface area (Å²) >= 11 is 0. The van der Waals surface area contributed by atoms with Gasteiger partial charge in [0, 0.05) is 12.5 Å². The first-order chi connectivity index (χ1) is 6.65. The van der Waals surface area contributed by atoms with Crippen LogP contribution in [0.15, 0.2) is 18.2 Å². The van der Waals surface area contributed by atoms with Crippen LogP contribution in [0.4, 0.5) is 0 Å². The Morgan fingerprint density at radius 1 is 1.57 bits per heavy atom. The molecule has 2 N–H and O–H groups in total. The third-order valence-electron chi connectivity index (χ3n) is 2.52. The average molecular weight is 191 g/mol. The molecule has 0 spiro atoms. The topological polar surface area (TPSA) is 35.2 Å². The van der Waals surface area contributed by atoms with Crippen molar-refractivity contribution in [3.8, 4) is 5.75 Å². The van der Waals surface area contributed by atoms with E-state index in [1.54, 1.807) is 0 Å². The van der Waals surface area contributed by atoms with Gasteiger partial charge in [0.25, 0.3) is 0 Å². The highest BCUT2D eigenvalue weighted by atomic mass is 16.5. The van der Waals surface area contributed by atoms with Crippen LogP contribution in [0.25, 0.3) is 0 Å². The quantitative estimate of drug-likeness (QED) is 0.775. The summed E-state index contributed by atoms with van der Waals surface area (Å²) in [4.78, 5) is 0. The van der Waals surface area contributed by atoms with Crippen molar-refractivity contribution < 1.29 is 4.74 Å². The van der Waals surface area contributed by atoms with Crippen molar-refractivity contribution in [2.45, 2.75) is 38.8 Å². The summed E-state index contributed by atoms with van der Waals surface area (Å²) in [6.07, 6.45) is 2.31. The Balaban J connectivity index is 2.20. The van der Waals surface area contributed by atoms with Gasteiger partial charge in [-0.2, -0.15) is 0 Å². The van der Waals surface area contributed by atoms with Crippen LogP contribution in [0.2, 0.25) is 0 Å². The van der Waals surface area contributed by atoms with Crippen molar-refractivity contribution >= 4 is 0 Å². The minimum Gasteiger partial charge on any atom is -0.490 e. The molecule has 1 aromatic rings. The van der Waals surface area contributed by atoms with Crippen LogP contribution in [0.1, 0.15) is 25.0 Å². The molecule has 1 aliphatic rings. The molecular formula is C12H17NO. The molecule has 0 aromatic heterocycles. The Labute approximate surface area is 85.1 Å². The van der Waals surface area contributed by atoms with Gasteiger partial charge < -0.3 is 10.5 Å². The smallest absolute Gasteiger partial charge is 0.123 e. The molecule has 0 amide bonds. The van der Waals surface area contributed by atoms with E-state index in [1.165, 1.54) is 11.1 Å². The number of nitrogens with two attached hydrogens (primary N) is 1. The highest BCUT2D eigenvalue weighted by molar-refractivity contribution is 5.40. The fourth-order valence-electron chi connectivity index (χ4n) is 1.97. The van der Waals surface area contributed by atoms with Gasteiger partial charge in [-0.15, -0.1) is 0 Å². The van der Waals surface area contributed by atoms with E-state index < -0.39 is 0 Å². The van der Waals surface area contributed by atoms with Crippen molar-refractivity contribution in [1.82, 2.24) is 0 Å². The van der Waals surface area contributed by atoms with Crippen LogP contribution in [0.3, 0.4) is 0 Å². The molecule has 0 radical (unpaired) electrons. The second-order valence-electron chi connectivity index (χ2n) is 4.26. The van der Waals surface area contributed by atoms with Crippen LogP contribution in [-0.4, -0.2) is 12.1 Å². The molecule has 0 saturated carbocycles. The summed E-state index contributed by atoms with van der Waals surface area (Å²) in [5.41, 5.74) is 8.41. The molecule has 0 aliphatic carbocycles. The van der Waals surface area contributed by atoms with E-state index in [4.69, 9.17) is 10.5 Å². The second kappa shape index (κ2) is 3.62. The minimum absolute atomic E-state index is 0.229. The van der Waals surface area contributed by atoms with Gasteiger partial charge in [-0.3, -0.25) is 0 Å². The number of benzene rings is 1. The second-order valence-corrected chi connectivity index (χ2v) is 4.26. The largest absolute Gasteiger partial charge is 0.490 e. The van der Waals surface area contributed by atoms with Crippen molar-refractivity contribution in [2.24, 2.45) is 5.73 Å². The van der Waals surface area contributed by atoms with E-state index in [9.17, 15) is 0 Å². The Bertz CT molecular complexity index is 333. The lowest BCUT2D eigenvalue weighted by Crippen LogP contribution is -2.17. The van der Waals surface area contributed by atoms with Gasteiger partial charge in [0.15, 0.2) is 0 Å². The summed E-state index contributed by atoms with van der Waals surface area (Å²) in [7, 11) is 0. The average Bonchev–Trinajstić information content (AvgIpc) is 2.42. The van der Waals surface area contributed by atoms with E-state index >= 15 is 0 Å². The zero-order valence-corrected chi connectivity index (χ0v) is 8.79. The van der Waals surface area contributed by atoms with Crippen molar-refractivity contribution in [3.05, 3.63) is 29.3 Å². The van der Waals surface area contributed by atoms with Gasteiger partial charge in [-0.1, -0.05) is 12.1 Å². The molecule has 1 aromatic carbocycles. The van der Waals surface area contributed by atoms with E-state index in [2.05, 4.69) is 25.1 Å². The third-order valence-corrected chi connectivity index (χ3v) is 2.52. The molecular weight excluding hydrogens is 174 g/mol. The third kappa shape index (κ3) is 1.90. The lowest BCUT2D eigenvalue weighted by atomic mass is 10.0. The maximum absolute atomic E-state index is 5.77. The molecule has 0 fully saturated rings. The molecule has 1 aliphatic heterocycles. The molecule has 2 nitrogen and oxygen atoms in total. The van der Waals surface area contributed by atoms with Gasteiger partial charge in [0.1, 0.15) is 11.9 Å². The number of ether oxygens (including phenoxy) is 1. The Morgan fingerprint density at radius 2 is 2.36 bits per heavy atom. The highest BCUT2D eigenvalue weighted by Crippen LogP contribution is 2.29. The van der Waals surface area contributed by atoms with Crippen molar-refractivity contribution in [3.63, 3.8) is 0 Å². The van der Waals surface area contributed by atoms with Crippen LogP contribution >= 0.6 is 0 Å². The normalized spacial score (nSPS) is 21.5. The predicted molar refractivity (Wildman–Crippen MR) is 57.6 cm³/mol. The molecule has 14 heavy (non-hydrogen) atoms. The first-order valence-electron chi connectivity index (χ1n) is 5.19. The van der Waals surface area contributed by atoms with Crippen LogP contribution < -0.4 is 10.5 Å². The first-order valence-corrected chi connectivity index (χ1v) is 5.19. The van der Waals surface area contributed by atoms with Crippen LogP contribution in [0.5, 0.6) is 5.75 Å². The predicted octanol–water partition coefficient (Wildman–Crippen LogP) is 1.90. The Morgan fingerprint density at radius 3 is 3.07 bits per heavy atom. The van der Waals surface area contributed by atoms with Crippen molar-refractivity contribution in [2.75, 3.05) is 0 Å². The number of hydrogen-bond donors (Lipinski definition) is 1. The van der Waals surface area contributed by atoms with Gasteiger partial charge >= 0.3 is 0 Å². The maximum atomic E-state index is 5.77. The Kier molecular flexibility index (Phi) is 2.46. The number of rotatable bonds is 2. The van der Waals surface area contributed by atoms with Gasteiger partial charge in [-0.05, 0) is 37.5 Å². The number of hydrogen-bond acceptors (Lipinski definition) is 2. The lowest BCUT2D eigenvalue weighted by molar-refractivity contribution is 0.254. The molecule has 2 atom stereocenters. The fourth-order valence-corrected chi connectivity index (χ4v) is 1.97. The summed E-state index contributed by atoms with van der Waals surface area (Å²) in [6.45, 7) is 4.14. The monoisotopic (exact) mass is 191 g/mol. The summed E-state index contributed by atoms with van der Waals surface area (Å²) in [6, 6.07) is 6.63. The zero-order chi connectivity index (χ0) is 10.1. The first kappa shape index (κ1) is 9.53. The molecule has 0 saturated heterocycles. The molecule has 2 rings (SSSR count). The SMILES string of the molecule is CC(N)Cc1ccc2c(c1)CC(C)O2. The lowest BCUT2D eigenvalue weighted by Gasteiger charge is -2.06. The van der Waals surface area contributed by atoms with Gasteiger partial charge in [0.2, 0.25) is 0 Å². The standard InChI is InChI=1S/C12H17NO/c1-8(13)5-10-3-4-12-11(7-10)6-9(2)14-12/h3-4,7-9H,5-6,13H2,1-2H3. The maximum Gasteiger partial charge on any atom is 0.123 e. The summed E-state index contributed by atoms with van der Waals surface area (Å²) in [5.74, 6) is 1.05. The van der Waals surface area contributed by atoms with E-state index in [0.717, 1.165) is 18.6 Å². The summed E-state index contributed by atoms with van der Waals surface area (Å²) < 4.78 is 5.64. The zero-order valence-electron chi connectivity index (χ0n) is 8.79. The molecule has 2 heteroatoms. The number of fused-ring (bicyclic) bond motifs is 1. The van der Waals surface area contributed by atoms with Crippen molar-refractivity contribution in [1.29, 1.82) is 0 Å². The highest BCUT2D eigenvalue weighted by Gasteiger charge is 2.18.